The first-order valence-corrected chi connectivity index (χ1v) is 17.5. The second-order valence-electron chi connectivity index (χ2n) is 9.27. The van der Waals surface area contributed by atoms with Gasteiger partial charge in [0, 0.05) is 0 Å². The van der Waals surface area contributed by atoms with E-state index in [1.165, 1.54) is 51.4 Å². The third-order valence-corrected chi connectivity index (χ3v) is 13.3. The van der Waals surface area contributed by atoms with Gasteiger partial charge in [-0.3, -0.25) is 4.79 Å². The maximum absolute atomic E-state index is 13.5. The maximum Gasteiger partial charge on any atom is 0.320 e. The van der Waals surface area contributed by atoms with E-state index in [2.05, 4.69) is 48.5 Å². The van der Waals surface area contributed by atoms with Gasteiger partial charge in [0.15, 0.2) is 0 Å². The van der Waals surface area contributed by atoms with Gasteiger partial charge in [0.05, 0.1) is 0 Å². The molecule has 0 heterocycles. The molecule has 0 spiro atoms. The average molecular weight is 458 g/mol. The van der Waals surface area contributed by atoms with Crippen LogP contribution in [0.15, 0.2) is 0 Å². The highest BCUT2D eigenvalue weighted by molar-refractivity contribution is 6.75. The number of hydrogen-bond acceptors (Lipinski definition) is 3. The van der Waals surface area contributed by atoms with Crippen LogP contribution in [0.5, 0.6) is 0 Å². The molecule has 0 fully saturated rings. The Labute approximate surface area is 191 Å². The number of rotatable bonds is 20. The Kier molecular flexibility index (Phi) is 18.4. The summed E-state index contributed by atoms with van der Waals surface area (Å²) in [7, 11) is -2.96. The van der Waals surface area contributed by atoms with Crippen molar-refractivity contribution in [2.24, 2.45) is 5.92 Å². The fourth-order valence-corrected chi connectivity index (χ4v) is 10.3. The average Bonchev–Trinajstić information content (AvgIpc) is 2.76. The Bertz CT molecular complexity index is 401. The Hall–Kier alpha value is -0.136. The van der Waals surface area contributed by atoms with Gasteiger partial charge in [-0.25, -0.2) is 0 Å². The second kappa shape index (κ2) is 18.4. The summed E-state index contributed by atoms with van der Waals surface area (Å²) in [6.45, 7) is 15.7. The van der Waals surface area contributed by atoms with Crippen LogP contribution >= 0.6 is 0 Å². The predicted octanol–water partition coefficient (Wildman–Crippen LogP) is 8.51. The highest BCUT2D eigenvalue weighted by atomic mass is 28.4. The second-order valence-corrected chi connectivity index (χ2v) is 15.9. The lowest BCUT2D eigenvalue weighted by Crippen LogP contribution is -2.45. The van der Waals surface area contributed by atoms with Crippen LogP contribution in [0, 0.1) is 5.92 Å². The van der Waals surface area contributed by atoms with E-state index in [4.69, 9.17) is 8.85 Å². The lowest BCUT2D eigenvalue weighted by molar-refractivity contribution is -0.144. The number of carbonyl (C=O) groups is 1. The largest absolute Gasteiger partial charge is 0.517 e. The summed E-state index contributed by atoms with van der Waals surface area (Å²) < 4.78 is 13.1. The molecule has 0 aliphatic rings. The molecule has 0 amide bonds. The molecule has 5 heteroatoms. The third-order valence-electron chi connectivity index (χ3n) is 6.44. The zero-order valence-electron chi connectivity index (χ0n) is 21.5. The predicted molar refractivity (Wildman–Crippen MR) is 136 cm³/mol. The van der Waals surface area contributed by atoms with E-state index in [9.17, 15) is 4.79 Å². The summed E-state index contributed by atoms with van der Waals surface area (Å²) >= 11 is 0. The smallest absolute Gasteiger partial charge is 0.320 e. The fourth-order valence-electron chi connectivity index (χ4n) is 3.85. The summed E-state index contributed by atoms with van der Waals surface area (Å²) in [5.41, 5.74) is 0. The highest BCUT2D eigenvalue weighted by Gasteiger charge is 2.38. The van der Waals surface area contributed by atoms with Gasteiger partial charge in [0.2, 0.25) is 9.04 Å². The minimum Gasteiger partial charge on any atom is -0.517 e. The van der Waals surface area contributed by atoms with Crippen molar-refractivity contribution in [2.75, 3.05) is 0 Å². The van der Waals surface area contributed by atoms with Crippen LogP contribution in [0.3, 0.4) is 0 Å². The van der Waals surface area contributed by atoms with Crippen LogP contribution in [0.1, 0.15) is 113 Å². The van der Waals surface area contributed by atoms with Gasteiger partial charge in [-0.05, 0) is 42.6 Å². The first kappa shape index (κ1) is 29.9. The topological polar surface area (TPSA) is 35.5 Å². The molecular formula is C25H53O3Si2. The molecule has 1 radical (unpaired) electrons. The van der Waals surface area contributed by atoms with Crippen LogP contribution in [-0.2, 0) is 13.6 Å². The van der Waals surface area contributed by atoms with Gasteiger partial charge in [-0.2, -0.15) is 0 Å². The Morgan fingerprint density at radius 2 is 1.33 bits per heavy atom. The van der Waals surface area contributed by atoms with Gasteiger partial charge < -0.3 is 8.85 Å². The van der Waals surface area contributed by atoms with E-state index in [-0.39, 0.29) is 12.1 Å². The zero-order valence-corrected chi connectivity index (χ0v) is 23.5. The number of hydrogen-bond donors (Lipinski definition) is 0. The van der Waals surface area contributed by atoms with E-state index < -0.39 is 17.4 Å². The molecule has 0 aliphatic heterocycles. The molecule has 0 aromatic rings. The number of unbranched alkanes of at least 4 members (excludes halogenated alkanes) is 4. The van der Waals surface area contributed by atoms with Gasteiger partial charge >= 0.3 is 5.97 Å². The Balaban J connectivity index is 5.43. The van der Waals surface area contributed by atoms with E-state index in [0.29, 0.717) is 5.92 Å². The van der Waals surface area contributed by atoms with Crippen LogP contribution in [0.2, 0.25) is 30.2 Å². The summed E-state index contributed by atoms with van der Waals surface area (Å²) in [4.78, 5) is 13.5. The summed E-state index contributed by atoms with van der Waals surface area (Å²) in [6.07, 6.45) is 11.1. The molecule has 2 unspecified atom stereocenters. The van der Waals surface area contributed by atoms with Crippen molar-refractivity contribution in [2.45, 2.75) is 149 Å². The van der Waals surface area contributed by atoms with Gasteiger partial charge in [0.1, 0.15) is 6.10 Å². The van der Waals surface area contributed by atoms with Crippen molar-refractivity contribution in [3.8, 4) is 0 Å². The minimum absolute atomic E-state index is 0.0217. The van der Waals surface area contributed by atoms with Crippen LogP contribution < -0.4 is 0 Å². The molecule has 2 atom stereocenters. The quantitative estimate of drug-likeness (QED) is 0.172. The van der Waals surface area contributed by atoms with E-state index in [1.807, 2.05) is 0 Å². The van der Waals surface area contributed by atoms with Crippen LogP contribution in [0.25, 0.3) is 0 Å². The van der Waals surface area contributed by atoms with Crippen molar-refractivity contribution >= 4 is 23.3 Å². The molecule has 179 valence electrons. The zero-order chi connectivity index (χ0) is 22.8. The molecule has 0 N–H and O–H groups in total. The Morgan fingerprint density at radius 3 is 1.73 bits per heavy atom. The number of carbonyl (C=O) groups excluding carboxylic acids is 1. The van der Waals surface area contributed by atoms with Gasteiger partial charge in [-0.1, -0.05) is 106 Å². The molecule has 0 aromatic heterocycles. The van der Waals surface area contributed by atoms with Crippen molar-refractivity contribution in [1.29, 1.82) is 0 Å². The SMILES string of the molecule is CCCC[Si](CCCC)OC(CC(C)CC)C(=O)O[Si](CC)(CCCC)CCCC. The van der Waals surface area contributed by atoms with E-state index >= 15 is 0 Å². The lowest BCUT2D eigenvalue weighted by Gasteiger charge is -2.33. The molecule has 0 aliphatic carbocycles. The first-order valence-electron chi connectivity index (χ1n) is 13.2. The van der Waals surface area contributed by atoms with Crippen molar-refractivity contribution in [3.63, 3.8) is 0 Å². The third kappa shape index (κ3) is 12.7. The minimum atomic E-state index is -2.02. The first-order chi connectivity index (χ1) is 14.4. The van der Waals surface area contributed by atoms with E-state index in [1.54, 1.807) is 0 Å². The van der Waals surface area contributed by atoms with Crippen molar-refractivity contribution in [3.05, 3.63) is 0 Å². The highest BCUT2D eigenvalue weighted by Crippen LogP contribution is 2.29. The molecule has 3 nitrogen and oxygen atoms in total. The summed E-state index contributed by atoms with van der Waals surface area (Å²) in [5.74, 6) is 0.471. The molecule has 0 aromatic carbocycles. The Morgan fingerprint density at radius 1 is 0.833 bits per heavy atom. The standard InChI is InChI=1S/C25H53O3Si2/c1-8-14-18-29(19-15-9-2)27-24(22-23(7)12-5)25(26)28-30(13-6,20-16-10-3)21-17-11-4/h23-24H,8-22H2,1-7H3. The monoisotopic (exact) mass is 457 g/mol. The summed E-state index contributed by atoms with van der Waals surface area (Å²) in [6, 6.07) is 5.59. The molecule has 30 heavy (non-hydrogen) atoms. The lowest BCUT2D eigenvalue weighted by atomic mass is 10.0. The van der Waals surface area contributed by atoms with Crippen LogP contribution in [0.4, 0.5) is 0 Å². The van der Waals surface area contributed by atoms with Crippen LogP contribution in [-0.4, -0.2) is 29.4 Å². The van der Waals surface area contributed by atoms with Gasteiger partial charge in [-0.15, -0.1) is 0 Å². The molecule has 0 rings (SSSR count). The fraction of sp³-hybridized carbons (Fsp3) is 0.960. The maximum atomic E-state index is 13.5. The molecular weight excluding hydrogens is 404 g/mol. The van der Waals surface area contributed by atoms with Crippen molar-refractivity contribution < 1.29 is 13.6 Å². The summed E-state index contributed by atoms with van der Waals surface area (Å²) in [5, 5.41) is 0. The van der Waals surface area contributed by atoms with E-state index in [0.717, 1.165) is 43.1 Å². The molecule has 0 saturated heterocycles. The molecule has 0 bridgehead atoms. The molecule has 0 saturated carbocycles. The normalized spacial score (nSPS) is 14.1. The van der Waals surface area contributed by atoms with Crippen molar-refractivity contribution in [1.82, 2.24) is 0 Å². The van der Waals surface area contributed by atoms with Gasteiger partial charge in [0.25, 0.3) is 8.32 Å².